The molecule has 0 radical (unpaired) electrons. The first kappa shape index (κ1) is 11.3. The van der Waals surface area contributed by atoms with Crippen molar-refractivity contribution in [3.8, 4) is 0 Å². The van der Waals surface area contributed by atoms with Crippen molar-refractivity contribution < 1.29 is 8.42 Å². The van der Waals surface area contributed by atoms with Crippen LogP contribution in [0.1, 0.15) is 0 Å². The predicted molar refractivity (Wildman–Crippen MR) is 63.6 cm³/mol. The molecule has 2 aromatic rings. The molecule has 3 N–H and O–H groups in total. The highest BCUT2D eigenvalue weighted by atomic mass is 79.9. The monoisotopic (exact) mass is 302 g/mol. The lowest BCUT2D eigenvalue weighted by Crippen LogP contribution is -2.16. The summed E-state index contributed by atoms with van der Waals surface area (Å²) in [6.45, 7) is 0. The number of H-pyrrole nitrogens is 1. The summed E-state index contributed by atoms with van der Waals surface area (Å²) in [6.07, 6.45) is 1.10. The van der Waals surface area contributed by atoms with Crippen molar-refractivity contribution in [2.45, 2.75) is 4.90 Å². The number of aromatic amines is 1. The molecular formula is C9H7BrN2O3S. The Hall–Kier alpha value is -1.18. The Morgan fingerprint density at radius 3 is 2.56 bits per heavy atom. The Kier molecular flexibility index (Phi) is 2.61. The fourth-order valence-electron chi connectivity index (χ4n) is 1.44. The molecule has 7 heteroatoms. The van der Waals surface area contributed by atoms with Crippen molar-refractivity contribution in [1.29, 1.82) is 0 Å². The number of halogens is 1. The van der Waals surface area contributed by atoms with E-state index in [0.29, 0.717) is 9.86 Å². The zero-order valence-electron chi connectivity index (χ0n) is 7.90. The van der Waals surface area contributed by atoms with E-state index in [2.05, 4.69) is 20.9 Å². The molecule has 1 aromatic heterocycles. The van der Waals surface area contributed by atoms with Gasteiger partial charge in [0.2, 0.25) is 10.0 Å². The summed E-state index contributed by atoms with van der Waals surface area (Å²) >= 11 is 3.21. The topological polar surface area (TPSA) is 93.0 Å². The Labute approximate surface area is 99.5 Å². The highest BCUT2D eigenvalue weighted by Gasteiger charge is 2.14. The van der Waals surface area contributed by atoms with Gasteiger partial charge in [-0.3, -0.25) is 4.79 Å². The largest absolute Gasteiger partial charge is 0.327 e. The number of aromatic nitrogens is 1. The number of pyridine rings is 1. The van der Waals surface area contributed by atoms with E-state index < -0.39 is 10.0 Å². The van der Waals surface area contributed by atoms with Crippen LogP contribution < -0.4 is 10.7 Å². The number of hydrogen-bond donors (Lipinski definition) is 2. The molecule has 0 amide bonds. The molecule has 0 atom stereocenters. The summed E-state index contributed by atoms with van der Waals surface area (Å²) < 4.78 is 23.3. The van der Waals surface area contributed by atoms with E-state index >= 15 is 0 Å². The zero-order chi connectivity index (χ0) is 11.9. The molecule has 0 aliphatic heterocycles. The van der Waals surface area contributed by atoms with Crippen LogP contribution in [0.4, 0.5) is 0 Å². The van der Waals surface area contributed by atoms with Crippen LogP contribution in [0.5, 0.6) is 0 Å². The third-order valence-electron chi connectivity index (χ3n) is 2.13. The van der Waals surface area contributed by atoms with E-state index in [1.54, 1.807) is 12.1 Å². The van der Waals surface area contributed by atoms with E-state index in [1.807, 2.05) is 0 Å². The molecule has 0 saturated carbocycles. The Morgan fingerprint density at radius 2 is 1.94 bits per heavy atom. The van der Waals surface area contributed by atoms with Crippen molar-refractivity contribution in [3.05, 3.63) is 39.2 Å². The van der Waals surface area contributed by atoms with Gasteiger partial charge in [0, 0.05) is 21.4 Å². The van der Waals surface area contributed by atoms with Crippen molar-refractivity contribution >= 4 is 36.7 Å². The van der Waals surface area contributed by atoms with Gasteiger partial charge in [-0.1, -0.05) is 15.9 Å². The van der Waals surface area contributed by atoms with Crippen LogP contribution in [0.2, 0.25) is 0 Å². The number of hydrogen-bond acceptors (Lipinski definition) is 3. The van der Waals surface area contributed by atoms with Crippen LogP contribution in [-0.4, -0.2) is 13.4 Å². The fraction of sp³-hybridized carbons (Fsp3) is 0. The van der Waals surface area contributed by atoms with Gasteiger partial charge in [0.05, 0.1) is 0 Å². The summed E-state index contributed by atoms with van der Waals surface area (Å²) in [5, 5.41) is 5.65. The second-order valence-corrected chi connectivity index (χ2v) is 5.66. The lowest BCUT2D eigenvalue weighted by molar-refractivity contribution is 0.598. The molecule has 0 aliphatic carbocycles. The average molecular weight is 303 g/mol. The maximum Gasteiger partial charge on any atom is 0.255 e. The zero-order valence-corrected chi connectivity index (χ0v) is 10.3. The lowest BCUT2D eigenvalue weighted by atomic mass is 10.2. The van der Waals surface area contributed by atoms with Crippen LogP contribution in [0.25, 0.3) is 10.8 Å². The number of rotatable bonds is 1. The second kappa shape index (κ2) is 3.69. The molecule has 1 heterocycles. The van der Waals surface area contributed by atoms with Crippen molar-refractivity contribution in [3.63, 3.8) is 0 Å². The number of nitrogens with one attached hydrogen (secondary N) is 1. The molecule has 0 fully saturated rings. The molecule has 0 spiro atoms. The predicted octanol–water partition coefficient (Wildman–Crippen LogP) is 0.938. The first-order chi connectivity index (χ1) is 7.39. The molecule has 0 bridgehead atoms. The normalized spacial score (nSPS) is 11.9. The van der Waals surface area contributed by atoms with Gasteiger partial charge < -0.3 is 4.98 Å². The standard InChI is InChI=1S/C9H7BrN2O3S/c10-5-1-2-6-7(3-5)8(16(11,14)15)4-12-9(6)13/h1-4H,(H,12,13)(H2,11,14,15). The van der Waals surface area contributed by atoms with Gasteiger partial charge in [0.25, 0.3) is 5.56 Å². The molecule has 16 heavy (non-hydrogen) atoms. The van der Waals surface area contributed by atoms with Gasteiger partial charge in [-0.2, -0.15) is 0 Å². The first-order valence-electron chi connectivity index (χ1n) is 4.23. The summed E-state index contributed by atoms with van der Waals surface area (Å²) in [4.78, 5) is 13.7. The SMILES string of the molecule is NS(=O)(=O)c1c[nH]c(=O)c2ccc(Br)cc12. The molecule has 2 rings (SSSR count). The van der Waals surface area contributed by atoms with Gasteiger partial charge in [0.1, 0.15) is 4.90 Å². The second-order valence-electron chi connectivity index (χ2n) is 3.22. The average Bonchev–Trinajstić information content (AvgIpc) is 2.15. The molecule has 84 valence electrons. The van der Waals surface area contributed by atoms with Crippen LogP contribution in [-0.2, 0) is 10.0 Å². The highest BCUT2D eigenvalue weighted by Crippen LogP contribution is 2.22. The number of fused-ring (bicyclic) bond motifs is 1. The quantitative estimate of drug-likeness (QED) is 0.821. The van der Waals surface area contributed by atoms with E-state index in [0.717, 1.165) is 6.20 Å². The molecule has 0 saturated heterocycles. The van der Waals surface area contributed by atoms with Crippen LogP contribution in [0.3, 0.4) is 0 Å². The number of benzene rings is 1. The Balaban J connectivity index is 3.04. The van der Waals surface area contributed by atoms with Crippen molar-refractivity contribution in [1.82, 2.24) is 4.98 Å². The Bertz CT molecular complexity index is 721. The number of sulfonamides is 1. The number of nitrogens with two attached hydrogens (primary N) is 1. The first-order valence-corrected chi connectivity index (χ1v) is 6.57. The van der Waals surface area contributed by atoms with Crippen LogP contribution in [0.15, 0.2) is 38.6 Å². The highest BCUT2D eigenvalue weighted by molar-refractivity contribution is 9.10. The van der Waals surface area contributed by atoms with Gasteiger partial charge in [-0.25, -0.2) is 13.6 Å². The third-order valence-corrected chi connectivity index (χ3v) is 3.58. The van der Waals surface area contributed by atoms with E-state index in [1.165, 1.54) is 6.07 Å². The van der Waals surface area contributed by atoms with Gasteiger partial charge >= 0.3 is 0 Å². The van der Waals surface area contributed by atoms with E-state index in [9.17, 15) is 13.2 Å². The summed E-state index contributed by atoms with van der Waals surface area (Å²) in [5.41, 5.74) is -0.352. The minimum Gasteiger partial charge on any atom is -0.327 e. The molecule has 0 aliphatic rings. The summed E-state index contributed by atoms with van der Waals surface area (Å²) in [7, 11) is -3.85. The van der Waals surface area contributed by atoms with Gasteiger partial charge in [-0.05, 0) is 18.2 Å². The molecule has 0 unspecified atom stereocenters. The van der Waals surface area contributed by atoms with Crippen molar-refractivity contribution in [2.24, 2.45) is 5.14 Å². The lowest BCUT2D eigenvalue weighted by Gasteiger charge is -2.03. The Morgan fingerprint density at radius 1 is 1.25 bits per heavy atom. The van der Waals surface area contributed by atoms with Crippen LogP contribution in [0, 0.1) is 0 Å². The number of primary sulfonamides is 1. The van der Waals surface area contributed by atoms with Crippen molar-refractivity contribution in [2.75, 3.05) is 0 Å². The van der Waals surface area contributed by atoms with Gasteiger partial charge in [0.15, 0.2) is 0 Å². The molecule has 1 aromatic carbocycles. The maximum absolute atomic E-state index is 11.5. The summed E-state index contributed by atoms with van der Waals surface area (Å²) in [6, 6.07) is 4.74. The minimum atomic E-state index is -3.85. The smallest absolute Gasteiger partial charge is 0.255 e. The third kappa shape index (κ3) is 1.89. The fourth-order valence-corrected chi connectivity index (χ4v) is 2.50. The maximum atomic E-state index is 11.5. The van der Waals surface area contributed by atoms with Gasteiger partial charge in [-0.15, -0.1) is 0 Å². The van der Waals surface area contributed by atoms with Crippen LogP contribution >= 0.6 is 15.9 Å². The van der Waals surface area contributed by atoms with E-state index in [-0.39, 0.29) is 15.8 Å². The van der Waals surface area contributed by atoms with E-state index in [4.69, 9.17) is 5.14 Å². The minimum absolute atomic E-state index is 0.0941. The molecular weight excluding hydrogens is 296 g/mol. The molecule has 5 nitrogen and oxygen atoms in total. The summed E-state index contributed by atoms with van der Waals surface area (Å²) in [5.74, 6) is 0.